The number of sulfonamides is 1. The van der Waals surface area contributed by atoms with Crippen LogP contribution in [-0.4, -0.2) is 18.4 Å². The van der Waals surface area contributed by atoms with Crippen LogP contribution < -0.4 is 4.72 Å². The zero-order chi connectivity index (χ0) is 18.8. The fourth-order valence-electron chi connectivity index (χ4n) is 2.50. The minimum atomic E-state index is -3.65. The highest BCUT2D eigenvalue weighted by atomic mass is 32.2. The number of nitrogens with zero attached hydrogens (tertiary/aromatic N) is 2. The van der Waals surface area contributed by atoms with Crippen LogP contribution in [0.4, 0.5) is 0 Å². The molecule has 0 aliphatic carbocycles. The summed E-state index contributed by atoms with van der Waals surface area (Å²) in [6.07, 6.45) is 4.60. The molecule has 26 heavy (non-hydrogen) atoms. The Bertz CT molecular complexity index is 974. The summed E-state index contributed by atoms with van der Waals surface area (Å²) in [5.41, 5.74) is 2.05. The summed E-state index contributed by atoms with van der Waals surface area (Å²) in [6, 6.07) is 10.4. The van der Waals surface area contributed by atoms with Gasteiger partial charge in [0.15, 0.2) is 5.76 Å². The molecule has 136 valence electrons. The normalized spacial score (nSPS) is 12.3. The number of furan rings is 1. The predicted octanol–water partition coefficient (Wildman–Crippen LogP) is 3.51. The summed E-state index contributed by atoms with van der Waals surface area (Å²) < 4.78 is 33.1. The van der Waals surface area contributed by atoms with Gasteiger partial charge in [-0.1, -0.05) is 32.9 Å². The lowest BCUT2D eigenvalue weighted by atomic mass is 9.87. The van der Waals surface area contributed by atoms with Crippen molar-refractivity contribution in [1.29, 1.82) is 0 Å². The zero-order valence-electron chi connectivity index (χ0n) is 14.9. The summed E-state index contributed by atoms with van der Waals surface area (Å²) in [6.45, 7) is 6.27. The number of hydrogen-bond donors (Lipinski definition) is 1. The fraction of sp³-hybridized carbons (Fsp3) is 0.263. The molecule has 3 rings (SSSR count). The molecule has 0 radical (unpaired) electrons. The first-order chi connectivity index (χ1) is 12.3. The Morgan fingerprint density at radius 1 is 1.04 bits per heavy atom. The smallest absolute Gasteiger partial charge is 0.240 e. The van der Waals surface area contributed by atoms with Crippen LogP contribution in [-0.2, 0) is 22.0 Å². The molecule has 0 spiro atoms. The molecule has 0 aliphatic rings. The van der Waals surface area contributed by atoms with Crippen LogP contribution in [0.25, 0.3) is 11.5 Å². The largest absolute Gasteiger partial charge is 0.463 e. The summed E-state index contributed by atoms with van der Waals surface area (Å²) in [5.74, 6) is 0.543. The average molecular weight is 371 g/mol. The van der Waals surface area contributed by atoms with Gasteiger partial charge in [0.1, 0.15) is 5.69 Å². The van der Waals surface area contributed by atoms with Gasteiger partial charge in [0.05, 0.1) is 23.4 Å². The maximum atomic E-state index is 12.6. The minimum Gasteiger partial charge on any atom is -0.463 e. The van der Waals surface area contributed by atoms with Crippen molar-refractivity contribution in [2.24, 2.45) is 0 Å². The van der Waals surface area contributed by atoms with E-state index in [1.54, 1.807) is 30.5 Å². The molecule has 3 aromatic rings. The Morgan fingerprint density at radius 2 is 1.73 bits per heavy atom. The van der Waals surface area contributed by atoms with Crippen LogP contribution >= 0.6 is 0 Å². The Morgan fingerprint density at radius 3 is 2.35 bits per heavy atom. The van der Waals surface area contributed by atoms with Crippen molar-refractivity contribution >= 4 is 10.0 Å². The molecule has 0 amide bonds. The SMILES string of the molecule is CC(C)(C)c1ccc(S(=O)(=O)NCc2nccnc2-c2ccco2)cc1. The van der Waals surface area contributed by atoms with Crippen LogP contribution in [0.3, 0.4) is 0 Å². The van der Waals surface area contributed by atoms with Gasteiger partial charge in [-0.25, -0.2) is 18.1 Å². The van der Waals surface area contributed by atoms with Crippen molar-refractivity contribution in [1.82, 2.24) is 14.7 Å². The van der Waals surface area contributed by atoms with E-state index in [2.05, 4.69) is 35.5 Å². The number of benzene rings is 1. The molecule has 1 N–H and O–H groups in total. The third-order valence-electron chi connectivity index (χ3n) is 3.99. The van der Waals surface area contributed by atoms with E-state index in [1.165, 1.54) is 12.5 Å². The Kier molecular flexibility index (Phi) is 4.93. The van der Waals surface area contributed by atoms with Gasteiger partial charge >= 0.3 is 0 Å². The van der Waals surface area contributed by atoms with Gasteiger partial charge in [-0.15, -0.1) is 0 Å². The maximum Gasteiger partial charge on any atom is 0.240 e. The number of hydrogen-bond acceptors (Lipinski definition) is 5. The average Bonchev–Trinajstić information content (AvgIpc) is 3.14. The first-order valence-corrected chi connectivity index (χ1v) is 9.70. The third kappa shape index (κ3) is 4.00. The summed E-state index contributed by atoms with van der Waals surface area (Å²) in [7, 11) is -3.65. The number of nitrogens with one attached hydrogen (secondary N) is 1. The lowest BCUT2D eigenvalue weighted by Gasteiger charge is -2.19. The number of rotatable bonds is 5. The van der Waals surface area contributed by atoms with Gasteiger partial charge in [0.2, 0.25) is 10.0 Å². The second kappa shape index (κ2) is 7.01. The van der Waals surface area contributed by atoms with Gasteiger partial charge < -0.3 is 4.42 Å². The maximum absolute atomic E-state index is 12.6. The zero-order valence-corrected chi connectivity index (χ0v) is 15.7. The second-order valence-corrected chi connectivity index (χ2v) is 8.69. The summed E-state index contributed by atoms with van der Waals surface area (Å²) in [4.78, 5) is 8.69. The summed E-state index contributed by atoms with van der Waals surface area (Å²) in [5, 5.41) is 0. The molecule has 0 bridgehead atoms. The molecule has 0 aliphatic heterocycles. The van der Waals surface area contributed by atoms with E-state index in [0.717, 1.165) is 5.56 Å². The third-order valence-corrected chi connectivity index (χ3v) is 5.41. The van der Waals surface area contributed by atoms with Gasteiger partial charge in [-0.05, 0) is 35.2 Å². The standard InChI is InChI=1S/C19H21N3O3S/c1-19(2,3)14-6-8-15(9-7-14)26(23,24)22-13-16-18(21-11-10-20-16)17-5-4-12-25-17/h4-12,22H,13H2,1-3H3. The molecule has 0 atom stereocenters. The van der Waals surface area contributed by atoms with Crippen LogP contribution in [0.15, 0.2) is 64.4 Å². The topological polar surface area (TPSA) is 85.1 Å². The Labute approximate surface area is 153 Å². The van der Waals surface area contributed by atoms with Gasteiger partial charge in [0.25, 0.3) is 0 Å². The van der Waals surface area contributed by atoms with Crippen LogP contribution in [0, 0.1) is 0 Å². The van der Waals surface area contributed by atoms with Gasteiger partial charge in [-0.3, -0.25) is 4.98 Å². The minimum absolute atomic E-state index is 0.0211. The van der Waals surface area contributed by atoms with E-state index in [4.69, 9.17) is 4.42 Å². The predicted molar refractivity (Wildman–Crippen MR) is 98.9 cm³/mol. The molecular formula is C19H21N3O3S. The van der Waals surface area contributed by atoms with Crippen molar-refractivity contribution in [2.45, 2.75) is 37.6 Å². The monoisotopic (exact) mass is 371 g/mol. The van der Waals surface area contributed by atoms with Crippen molar-refractivity contribution in [2.75, 3.05) is 0 Å². The lowest BCUT2D eigenvalue weighted by Crippen LogP contribution is -2.24. The first kappa shape index (κ1) is 18.3. The van der Waals surface area contributed by atoms with Crippen molar-refractivity contribution in [3.05, 3.63) is 66.3 Å². The van der Waals surface area contributed by atoms with Crippen LogP contribution in [0.2, 0.25) is 0 Å². The van der Waals surface area contributed by atoms with Crippen LogP contribution in [0.1, 0.15) is 32.0 Å². The molecule has 0 saturated heterocycles. The summed E-state index contributed by atoms with van der Waals surface area (Å²) >= 11 is 0. The van der Waals surface area contributed by atoms with Gasteiger partial charge in [0, 0.05) is 12.4 Å². The Balaban J connectivity index is 1.80. The van der Waals surface area contributed by atoms with E-state index in [0.29, 0.717) is 17.1 Å². The van der Waals surface area contributed by atoms with E-state index in [-0.39, 0.29) is 16.9 Å². The molecule has 1 aromatic carbocycles. The van der Waals surface area contributed by atoms with Crippen molar-refractivity contribution in [3.63, 3.8) is 0 Å². The molecular weight excluding hydrogens is 350 g/mol. The van der Waals surface area contributed by atoms with Crippen molar-refractivity contribution in [3.8, 4) is 11.5 Å². The first-order valence-electron chi connectivity index (χ1n) is 8.21. The molecule has 7 heteroatoms. The van der Waals surface area contributed by atoms with Crippen molar-refractivity contribution < 1.29 is 12.8 Å². The molecule has 0 fully saturated rings. The van der Waals surface area contributed by atoms with Gasteiger partial charge in [-0.2, -0.15) is 0 Å². The molecule has 6 nitrogen and oxygen atoms in total. The highest BCUT2D eigenvalue weighted by molar-refractivity contribution is 7.89. The Hall–Kier alpha value is -2.51. The van der Waals surface area contributed by atoms with E-state index in [9.17, 15) is 8.42 Å². The molecule has 2 aromatic heterocycles. The van der Waals surface area contributed by atoms with E-state index < -0.39 is 10.0 Å². The second-order valence-electron chi connectivity index (χ2n) is 6.93. The molecule has 0 saturated carbocycles. The fourth-order valence-corrected chi connectivity index (χ4v) is 3.48. The van der Waals surface area contributed by atoms with E-state index in [1.807, 2.05) is 12.1 Å². The quantitative estimate of drug-likeness (QED) is 0.742. The highest BCUT2D eigenvalue weighted by Gasteiger charge is 2.19. The molecule has 2 heterocycles. The van der Waals surface area contributed by atoms with Crippen LogP contribution in [0.5, 0.6) is 0 Å². The van der Waals surface area contributed by atoms with E-state index >= 15 is 0 Å². The lowest BCUT2D eigenvalue weighted by molar-refractivity contribution is 0.572. The number of aromatic nitrogens is 2. The highest BCUT2D eigenvalue weighted by Crippen LogP contribution is 2.24. The molecule has 0 unspecified atom stereocenters.